The predicted molar refractivity (Wildman–Crippen MR) is 76.6 cm³/mol. The van der Waals surface area contributed by atoms with Crippen LogP contribution >= 0.6 is 0 Å². The average molecular weight is 345 g/mol. The second-order valence-electron chi connectivity index (χ2n) is 6.02. The number of carboxylic acid groups (broad SMARTS) is 2. The number of hydrogen-bond acceptors (Lipinski definition) is 4. The van der Waals surface area contributed by atoms with Gasteiger partial charge < -0.3 is 19.8 Å². The van der Waals surface area contributed by atoms with Crippen LogP contribution in [0.4, 0.5) is 0 Å². The first-order chi connectivity index (χ1) is 9.25. The van der Waals surface area contributed by atoms with E-state index < -0.39 is 11.9 Å². The van der Waals surface area contributed by atoms with Gasteiger partial charge in [0, 0.05) is 11.9 Å². The van der Waals surface area contributed by atoms with Crippen molar-refractivity contribution in [1.29, 1.82) is 0 Å². The van der Waals surface area contributed by atoms with Crippen LogP contribution in [0.2, 0.25) is 0 Å². The molecule has 0 aliphatic carbocycles. The molecule has 0 heterocycles. The van der Waals surface area contributed by atoms with Crippen molar-refractivity contribution in [3.05, 3.63) is 0 Å². The summed E-state index contributed by atoms with van der Waals surface area (Å²) in [7, 11) is 0. The molecule has 0 saturated heterocycles. The third-order valence-corrected chi connectivity index (χ3v) is 2.82. The van der Waals surface area contributed by atoms with Crippen LogP contribution in [0.3, 0.4) is 0 Å². The first-order valence-corrected chi connectivity index (χ1v) is 7.65. The van der Waals surface area contributed by atoms with E-state index in [2.05, 4.69) is 27.7 Å². The molecule has 0 aromatic rings. The van der Waals surface area contributed by atoms with Gasteiger partial charge in [0.25, 0.3) is 0 Å². The second kappa shape index (κ2) is 17.5. The Kier molecular flexibility index (Phi) is 21.2. The Labute approximate surface area is 139 Å². The summed E-state index contributed by atoms with van der Waals surface area (Å²) in [5.41, 5.74) is 0. The summed E-state index contributed by atoms with van der Waals surface area (Å²) in [6.07, 6.45) is 6.21. The summed E-state index contributed by atoms with van der Waals surface area (Å²) >= 11 is 0. The number of rotatable bonds is 10. The SMILES string of the molecule is CC(C)CCCCC(=O)[O-].CC(C)CCCCC(=O)[O-].[Co+2]. The molecule has 0 aliphatic heterocycles. The smallest absolute Gasteiger partial charge is 0.550 e. The van der Waals surface area contributed by atoms with Gasteiger partial charge >= 0.3 is 16.8 Å². The Balaban J connectivity index is -0.000000295. The summed E-state index contributed by atoms with van der Waals surface area (Å²) in [6, 6.07) is 0. The van der Waals surface area contributed by atoms with E-state index in [1.165, 1.54) is 0 Å². The summed E-state index contributed by atoms with van der Waals surface area (Å²) in [5.74, 6) is -0.490. The van der Waals surface area contributed by atoms with Gasteiger partial charge in [-0.3, -0.25) is 0 Å². The molecule has 127 valence electrons. The van der Waals surface area contributed by atoms with Gasteiger partial charge in [-0.25, -0.2) is 0 Å². The molecule has 0 aromatic heterocycles. The molecule has 0 N–H and O–H groups in total. The summed E-state index contributed by atoms with van der Waals surface area (Å²) in [4.78, 5) is 19.9. The number of carbonyl (C=O) groups excluding carboxylic acids is 2. The summed E-state index contributed by atoms with van der Waals surface area (Å²) in [6.45, 7) is 8.55. The van der Waals surface area contributed by atoms with Gasteiger partial charge in [0.15, 0.2) is 0 Å². The Morgan fingerprint density at radius 1 is 0.714 bits per heavy atom. The molecule has 0 aromatic carbocycles. The molecule has 0 bridgehead atoms. The van der Waals surface area contributed by atoms with Gasteiger partial charge in [-0.2, -0.15) is 0 Å². The van der Waals surface area contributed by atoms with E-state index in [9.17, 15) is 19.8 Å². The minimum atomic E-state index is -0.927. The van der Waals surface area contributed by atoms with Gasteiger partial charge in [0.1, 0.15) is 0 Å². The molecule has 0 fully saturated rings. The maximum absolute atomic E-state index is 9.93. The van der Waals surface area contributed by atoms with Crippen molar-refractivity contribution in [1.82, 2.24) is 0 Å². The normalized spacial score (nSPS) is 9.81. The molecule has 0 saturated carbocycles. The quantitative estimate of drug-likeness (QED) is 0.567. The van der Waals surface area contributed by atoms with Gasteiger partial charge in [0.05, 0.1) is 0 Å². The van der Waals surface area contributed by atoms with E-state index >= 15 is 0 Å². The monoisotopic (exact) mass is 345 g/mol. The maximum atomic E-state index is 9.93. The zero-order valence-electron chi connectivity index (χ0n) is 13.8. The minimum Gasteiger partial charge on any atom is -0.550 e. The molecular weight excluding hydrogens is 315 g/mol. The van der Waals surface area contributed by atoms with Crippen LogP contribution in [0.25, 0.3) is 0 Å². The zero-order valence-corrected chi connectivity index (χ0v) is 14.8. The number of hydrogen-bond donors (Lipinski definition) is 0. The van der Waals surface area contributed by atoms with Crippen molar-refractivity contribution in [2.24, 2.45) is 11.8 Å². The Bertz CT molecular complexity index is 227. The molecule has 21 heavy (non-hydrogen) atoms. The van der Waals surface area contributed by atoms with Crippen molar-refractivity contribution in [3.63, 3.8) is 0 Å². The number of unbranched alkanes of at least 4 members (excludes halogenated alkanes) is 2. The molecule has 0 rings (SSSR count). The molecule has 0 atom stereocenters. The molecular formula is C16H30CoO4. The topological polar surface area (TPSA) is 80.3 Å². The Morgan fingerprint density at radius 2 is 1.00 bits per heavy atom. The molecule has 0 aliphatic rings. The van der Waals surface area contributed by atoms with Crippen LogP contribution in [0.1, 0.15) is 79.1 Å². The summed E-state index contributed by atoms with van der Waals surface area (Å²) < 4.78 is 0. The largest absolute Gasteiger partial charge is 2.00 e. The van der Waals surface area contributed by atoms with Crippen LogP contribution < -0.4 is 10.2 Å². The van der Waals surface area contributed by atoms with Crippen LogP contribution in [-0.2, 0) is 26.4 Å². The average Bonchev–Trinajstić information content (AvgIpc) is 2.30. The molecule has 0 unspecified atom stereocenters. The van der Waals surface area contributed by atoms with Gasteiger partial charge in [-0.1, -0.05) is 53.4 Å². The molecule has 0 spiro atoms. The van der Waals surface area contributed by atoms with Crippen molar-refractivity contribution in [2.45, 2.75) is 79.1 Å². The maximum Gasteiger partial charge on any atom is 2.00 e. The fourth-order valence-electron chi connectivity index (χ4n) is 1.64. The predicted octanol–water partition coefficient (Wildman–Crippen LogP) is 1.90. The molecule has 1 radical (unpaired) electrons. The van der Waals surface area contributed by atoms with E-state index in [-0.39, 0.29) is 29.6 Å². The Hall–Kier alpha value is -0.554. The third kappa shape index (κ3) is 32.7. The fourth-order valence-corrected chi connectivity index (χ4v) is 1.64. The van der Waals surface area contributed by atoms with Crippen molar-refractivity contribution in [2.75, 3.05) is 0 Å². The van der Waals surface area contributed by atoms with Crippen LogP contribution in [0.5, 0.6) is 0 Å². The Morgan fingerprint density at radius 3 is 1.19 bits per heavy atom. The number of aliphatic carboxylic acids is 2. The number of carboxylic acids is 2. The van der Waals surface area contributed by atoms with E-state index in [0.29, 0.717) is 11.8 Å². The van der Waals surface area contributed by atoms with Crippen molar-refractivity contribution in [3.8, 4) is 0 Å². The standard InChI is InChI=1S/2C8H16O2.Co/c2*1-7(2)5-3-4-6-8(9)10;/h2*7H,3-6H2,1-2H3,(H,9,10);/q;;+2/p-2. The zero-order chi connectivity index (χ0) is 16.0. The first kappa shape index (κ1) is 25.4. The van der Waals surface area contributed by atoms with Gasteiger partial charge in [0.2, 0.25) is 0 Å². The van der Waals surface area contributed by atoms with E-state index in [4.69, 9.17) is 0 Å². The summed E-state index contributed by atoms with van der Waals surface area (Å²) in [5, 5.41) is 19.9. The number of carbonyl (C=O) groups is 2. The second-order valence-corrected chi connectivity index (χ2v) is 6.02. The van der Waals surface area contributed by atoms with Crippen LogP contribution in [-0.4, -0.2) is 11.9 Å². The minimum absolute atomic E-state index is 0. The van der Waals surface area contributed by atoms with Gasteiger partial charge in [-0.15, -0.1) is 0 Å². The fraction of sp³-hybridized carbons (Fsp3) is 0.875. The molecule has 5 heteroatoms. The van der Waals surface area contributed by atoms with E-state index in [1.54, 1.807) is 0 Å². The van der Waals surface area contributed by atoms with E-state index in [1.807, 2.05) is 0 Å². The molecule has 4 nitrogen and oxygen atoms in total. The molecule has 0 amide bonds. The van der Waals surface area contributed by atoms with Gasteiger partial charge in [-0.05, 0) is 37.5 Å². The third-order valence-electron chi connectivity index (χ3n) is 2.82. The van der Waals surface area contributed by atoms with Crippen molar-refractivity contribution >= 4 is 11.9 Å². The van der Waals surface area contributed by atoms with Crippen molar-refractivity contribution < 1.29 is 36.6 Å². The first-order valence-electron chi connectivity index (χ1n) is 7.65. The van der Waals surface area contributed by atoms with Crippen LogP contribution in [0.15, 0.2) is 0 Å². The van der Waals surface area contributed by atoms with E-state index in [0.717, 1.165) is 38.5 Å². The van der Waals surface area contributed by atoms with Crippen LogP contribution in [0, 0.1) is 11.8 Å².